The molecule has 1 aromatic rings. The molecule has 23 heavy (non-hydrogen) atoms. The molecule has 122 valence electrons. The van der Waals surface area contributed by atoms with Crippen molar-refractivity contribution in [2.24, 2.45) is 22.1 Å². The van der Waals surface area contributed by atoms with Crippen LogP contribution in [0.2, 0.25) is 0 Å². The second-order valence-corrected chi connectivity index (χ2v) is 6.12. The van der Waals surface area contributed by atoms with Crippen LogP contribution in [0.4, 0.5) is 5.69 Å². The standard InChI is InChI=1S/C17H21N3O3/c1-10(21)15(20-11-4-6-12(23-3)7-5-11)13(14(18)16(19)22)17(2)8-9-17/h4-7,13,18H,8-9H2,1-3H3,(H2,19,22). The highest BCUT2D eigenvalue weighted by molar-refractivity contribution is 6.51. The third-order valence-electron chi connectivity index (χ3n) is 4.25. The summed E-state index contributed by atoms with van der Waals surface area (Å²) < 4.78 is 5.09. The summed E-state index contributed by atoms with van der Waals surface area (Å²) in [7, 11) is 1.57. The quantitative estimate of drug-likeness (QED) is 0.754. The molecule has 1 fully saturated rings. The molecule has 0 saturated heterocycles. The fourth-order valence-electron chi connectivity index (χ4n) is 2.59. The first-order chi connectivity index (χ1) is 10.8. The van der Waals surface area contributed by atoms with E-state index in [-0.39, 0.29) is 22.6 Å². The van der Waals surface area contributed by atoms with Crippen LogP contribution < -0.4 is 10.5 Å². The van der Waals surface area contributed by atoms with Crippen LogP contribution in [0.25, 0.3) is 0 Å². The molecule has 1 atom stereocenters. The Morgan fingerprint density at radius 1 is 1.30 bits per heavy atom. The number of hydrogen-bond donors (Lipinski definition) is 2. The topological polar surface area (TPSA) is 106 Å². The number of rotatable bonds is 7. The average molecular weight is 315 g/mol. The lowest BCUT2D eigenvalue weighted by molar-refractivity contribution is -0.112. The van der Waals surface area contributed by atoms with Crippen molar-refractivity contribution in [3.63, 3.8) is 0 Å². The Bertz CT molecular complexity index is 673. The number of ether oxygens (including phenoxy) is 1. The Balaban J connectivity index is 2.45. The van der Waals surface area contributed by atoms with E-state index in [1.165, 1.54) is 6.92 Å². The molecule has 1 aliphatic rings. The summed E-state index contributed by atoms with van der Waals surface area (Å²) in [5, 5.41) is 8.02. The highest BCUT2D eigenvalue weighted by atomic mass is 16.5. The van der Waals surface area contributed by atoms with E-state index < -0.39 is 11.8 Å². The smallest absolute Gasteiger partial charge is 0.263 e. The summed E-state index contributed by atoms with van der Waals surface area (Å²) in [6, 6.07) is 6.93. The fourth-order valence-corrected chi connectivity index (χ4v) is 2.59. The fraction of sp³-hybridized carbons (Fsp3) is 0.412. The molecule has 0 aliphatic heterocycles. The normalized spacial score (nSPS) is 17.3. The minimum Gasteiger partial charge on any atom is -0.497 e. The predicted octanol–water partition coefficient (Wildman–Crippen LogP) is 2.28. The van der Waals surface area contributed by atoms with Crippen molar-refractivity contribution < 1.29 is 14.3 Å². The van der Waals surface area contributed by atoms with Gasteiger partial charge in [0.15, 0.2) is 5.78 Å². The third-order valence-corrected chi connectivity index (χ3v) is 4.25. The number of Topliss-reactive ketones (excluding diaryl/α,β-unsaturated/α-hetero) is 1. The van der Waals surface area contributed by atoms with Gasteiger partial charge in [-0.3, -0.25) is 15.0 Å². The Morgan fingerprint density at radius 3 is 2.26 bits per heavy atom. The van der Waals surface area contributed by atoms with Crippen LogP contribution in [0, 0.1) is 16.7 Å². The lowest BCUT2D eigenvalue weighted by Gasteiger charge is -2.23. The van der Waals surface area contributed by atoms with Crippen LogP contribution in [-0.2, 0) is 9.59 Å². The number of hydrogen-bond acceptors (Lipinski definition) is 5. The van der Waals surface area contributed by atoms with Gasteiger partial charge in [-0.25, -0.2) is 4.99 Å². The molecule has 0 radical (unpaired) electrons. The van der Waals surface area contributed by atoms with Crippen LogP contribution in [0.5, 0.6) is 5.75 Å². The number of benzene rings is 1. The molecular formula is C17H21N3O3. The van der Waals surface area contributed by atoms with E-state index in [0.29, 0.717) is 11.4 Å². The SMILES string of the molecule is COc1ccc(N=C(C(C)=O)C(C(=N)C(N)=O)C2(C)CC2)cc1. The first-order valence-electron chi connectivity index (χ1n) is 7.40. The molecule has 1 aliphatic carbocycles. The van der Waals surface area contributed by atoms with Gasteiger partial charge in [-0.2, -0.15) is 0 Å². The predicted molar refractivity (Wildman–Crippen MR) is 88.5 cm³/mol. The minimum absolute atomic E-state index is 0.207. The van der Waals surface area contributed by atoms with Gasteiger partial charge in [0.1, 0.15) is 11.5 Å². The van der Waals surface area contributed by atoms with Gasteiger partial charge in [0.05, 0.1) is 24.4 Å². The van der Waals surface area contributed by atoms with Crippen molar-refractivity contribution in [1.29, 1.82) is 5.41 Å². The third kappa shape index (κ3) is 3.64. The van der Waals surface area contributed by atoms with Crippen LogP contribution in [0.3, 0.4) is 0 Å². The van der Waals surface area contributed by atoms with Gasteiger partial charge in [0.25, 0.3) is 5.91 Å². The van der Waals surface area contributed by atoms with E-state index in [4.69, 9.17) is 15.9 Å². The molecule has 1 amide bonds. The maximum atomic E-state index is 12.1. The Labute approximate surface area is 135 Å². The zero-order chi connectivity index (χ0) is 17.2. The van der Waals surface area contributed by atoms with Gasteiger partial charge in [0, 0.05) is 6.92 Å². The molecule has 6 nitrogen and oxygen atoms in total. The van der Waals surface area contributed by atoms with Crippen LogP contribution in [-0.4, -0.2) is 30.2 Å². The molecule has 1 aromatic carbocycles. The van der Waals surface area contributed by atoms with Gasteiger partial charge in [-0.05, 0) is 42.5 Å². The zero-order valence-corrected chi connectivity index (χ0v) is 13.6. The zero-order valence-electron chi connectivity index (χ0n) is 13.6. The molecule has 0 aromatic heterocycles. The lowest BCUT2D eigenvalue weighted by Crippen LogP contribution is -2.41. The van der Waals surface area contributed by atoms with Crippen LogP contribution in [0.15, 0.2) is 29.3 Å². The van der Waals surface area contributed by atoms with Gasteiger partial charge < -0.3 is 10.5 Å². The molecule has 0 bridgehead atoms. The van der Waals surface area contributed by atoms with Crippen molar-refractivity contribution in [1.82, 2.24) is 0 Å². The molecule has 2 rings (SSSR count). The van der Waals surface area contributed by atoms with E-state index >= 15 is 0 Å². The molecule has 0 heterocycles. The average Bonchev–Trinajstić information content (AvgIpc) is 3.25. The largest absolute Gasteiger partial charge is 0.497 e. The Hall–Kier alpha value is -2.50. The van der Waals surface area contributed by atoms with Crippen LogP contribution >= 0.6 is 0 Å². The van der Waals surface area contributed by atoms with Crippen molar-refractivity contribution in [3.8, 4) is 5.75 Å². The highest BCUT2D eigenvalue weighted by Gasteiger charge is 2.51. The van der Waals surface area contributed by atoms with E-state index in [2.05, 4.69) is 4.99 Å². The minimum atomic E-state index is -0.813. The number of carbonyl (C=O) groups is 2. The number of amides is 1. The first kappa shape index (κ1) is 16.9. The summed E-state index contributed by atoms with van der Waals surface area (Å²) in [5.74, 6) is -1.06. The monoisotopic (exact) mass is 315 g/mol. The summed E-state index contributed by atoms with van der Waals surface area (Å²) in [6.45, 7) is 3.34. The lowest BCUT2D eigenvalue weighted by atomic mass is 9.81. The Morgan fingerprint density at radius 2 is 1.87 bits per heavy atom. The van der Waals surface area contributed by atoms with E-state index in [0.717, 1.165) is 12.8 Å². The first-order valence-corrected chi connectivity index (χ1v) is 7.40. The van der Waals surface area contributed by atoms with E-state index in [1.807, 2.05) is 6.92 Å². The molecular weight excluding hydrogens is 294 g/mol. The molecule has 6 heteroatoms. The summed E-state index contributed by atoms with van der Waals surface area (Å²) in [5.41, 5.74) is 5.50. The second kappa shape index (κ2) is 6.32. The van der Waals surface area contributed by atoms with Gasteiger partial charge in [0.2, 0.25) is 0 Å². The van der Waals surface area contributed by atoms with Gasteiger partial charge in [-0.15, -0.1) is 0 Å². The van der Waals surface area contributed by atoms with Crippen molar-refractivity contribution in [2.75, 3.05) is 7.11 Å². The van der Waals surface area contributed by atoms with Crippen LogP contribution in [0.1, 0.15) is 26.7 Å². The number of nitrogens with zero attached hydrogens (tertiary/aromatic N) is 1. The number of carbonyl (C=O) groups excluding carboxylic acids is 2. The molecule has 0 spiro atoms. The number of primary amides is 1. The second-order valence-electron chi connectivity index (χ2n) is 6.12. The Kier molecular flexibility index (Phi) is 4.63. The molecule has 3 N–H and O–H groups in total. The molecule has 1 unspecified atom stereocenters. The summed E-state index contributed by atoms with van der Waals surface area (Å²) >= 11 is 0. The maximum absolute atomic E-state index is 12.1. The van der Waals surface area contributed by atoms with Gasteiger partial charge in [-0.1, -0.05) is 6.92 Å². The van der Waals surface area contributed by atoms with Gasteiger partial charge >= 0.3 is 0 Å². The number of nitrogens with one attached hydrogen (secondary N) is 1. The summed E-state index contributed by atoms with van der Waals surface area (Å²) in [6.07, 6.45) is 1.67. The number of nitrogens with two attached hydrogens (primary N) is 1. The van der Waals surface area contributed by atoms with Crippen molar-refractivity contribution in [3.05, 3.63) is 24.3 Å². The number of aliphatic imine (C=N–C) groups is 1. The van der Waals surface area contributed by atoms with E-state index in [1.54, 1.807) is 31.4 Å². The maximum Gasteiger partial charge on any atom is 0.263 e. The molecule has 1 saturated carbocycles. The van der Waals surface area contributed by atoms with E-state index in [9.17, 15) is 9.59 Å². The van der Waals surface area contributed by atoms with Crippen molar-refractivity contribution in [2.45, 2.75) is 26.7 Å². The summed E-state index contributed by atoms with van der Waals surface area (Å²) in [4.78, 5) is 28.0. The van der Waals surface area contributed by atoms with Crippen molar-refractivity contribution >= 4 is 28.8 Å². The number of ketones is 1. The highest BCUT2D eigenvalue weighted by Crippen LogP contribution is 2.52. The number of methoxy groups -OCH3 is 1.